The first-order valence-electron chi connectivity index (χ1n) is 8.20. The van der Waals surface area contributed by atoms with E-state index in [-0.39, 0.29) is 22.0 Å². The van der Waals surface area contributed by atoms with Crippen LogP contribution in [0.5, 0.6) is 5.75 Å². The van der Waals surface area contributed by atoms with Gasteiger partial charge in [0.05, 0.1) is 15.5 Å². The Hall–Kier alpha value is -3.19. The number of anilines is 2. The highest BCUT2D eigenvalue weighted by Gasteiger charge is 2.21. The third kappa shape index (κ3) is 4.21. The minimum atomic E-state index is -4.75. The van der Waals surface area contributed by atoms with Crippen molar-refractivity contribution >= 4 is 48.3 Å². The molecule has 30 heavy (non-hydrogen) atoms. The molecule has 0 atom stereocenters. The molecule has 3 aromatic rings. The normalized spacial score (nSPS) is 12.1. The van der Waals surface area contributed by atoms with E-state index in [0.29, 0.717) is 11.3 Å². The number of carbonyl (C=O) groups is 1. The van der Waals surface area contributed by atoms with Gasteiger partial charge in [0.25, 0.3) is 26.1 Å². The van der Waals surface area contributed by atoms with Crippen molar-refractivity contribution < 1.29 is 35.8 Å². The summed E-state index contributed by atoms with van der Waals surface area (Å²) in [6.45, 7) is 1.63. The zero-order chi connectivity index (χ0) is 22.4. The SMILES string of the molecule is Cc1cc(N)ccc1C(=O)Nc1cc(S(=O)(=O)O)cc2cc(S(=O)(=O)O)cc(O)c12. The fourth-order valence-electron chi connectivity index (χ4n) is 2.97. The van der Waals surface area contributed by atoms with E-state index in [1.807, 2.05) is 0 Å². The second kappa shape index (κ2) is 7.25. The zero-order valence-corrected chi connectivity index (χ0v) is 17.0. The van der Waals surface area contributed by atoms with Crippen LogP contribution in [0.25, 0.3) is 10.8 Å². The number of hydrogen-bond acceptors (Lipinski definition) is 7. The van der Waals surface area contributed by atoms with Gasteiger partial charge in [0.2, 0.25) is 0 Å². The number of nitrogens with two attached hydrogens (primary N) is 1. The summed E-state index contributed by atoms with van der Waals surface area (Å²) in [5, 5.41) is 12.5. The van der Waals surface area contributed by atoms with E-state index in [2.05, 4.69) is 5.32 Å². The monoisotopic (exact) mass is 452 g/mol. The first-order valence-corrected chi connectivity index (χ1v) is 11.1. The number of phenolic OH excluding ortho intramolecular Hbond substituents is 1. The summed E-state index contributed by atoms with van der Waals surface area (Å²) in [5.74, 6) is -1.31. The Morgan fingerprint density at radius 2 is 1.50 bits per heavy atom. The molecule has 0 bridgehead atoms. The van der Waals surface area contributed by atoms with E-state index in [1.54, 1.807) is 13.0 Å². The number of nitrogen functional groups attached to an aromatic ring is 1. The van der Waals surface area contributed by atoms with E-state index in [9.17, 15) is 35.8 Å². The van der Waals surface area contributed by atoms with Gasteiger partial charge in [0, 0.05) is 22.7 Å². The molecule has 0 aliphatic carbocycles. The van der Waals surface area contributed by atoms with Crippen LogP contribution in [0.3, 0.4) is 0 Å². The minimum Gasteiger partial charge on any atom is -0.507 e. The third-order valence-electron chi connectivity index (χ3n) is 4.31. The molecule has 0 fully saturated rings. The van der Waals surface area contributed by atoms with Gasteiger partial charge in [0.1, 0.15) is 5.75 Å². The van der Waals surface area contributed by atoms with Gasteiger partial charge in [-0.2, -0.15) is 16.8 Å². The van der Waals surface area contributed by atoms with Gasteiger partial charge in [-0.05, 0) is 54.3 Å². The van der Waals surface area contributed by atoms with Crippen molar-refractivity contribution in [2.45, 2.75) is 16.7 Å². The predicted molar refractivity (Wildman–Crippen MR) is 109 cm³/mol. The molecule has 0 unspecified atom stereocenters. The molecule has 12 heteroatoms. The molecule has 1 amide bonds. The van der Waals surface area contributed by atoms with Crippen molar-refractivity contribution in [2.24, 2.45) is 0 Å². The Morgan fingerprint density at radius 3 is 2.03 bits per heavy atom. The van der Waals surface area contributed by atoms with E-state index >= 15 is 0 Å². The summed E-state index contributed by atoms with van der Waals surface area (Å²) < 4.78 is 64.8. The lowest BCUT2D eigenvalue weighted by molar-refractivity contribution is 0.102. The van der Waals surface area contributed by atoms with Crippen molar-refractivity contribution in [3.05, 3.63) is 53.6 Å². The molecule has 6 N–H and O–H groups in total. The number of rotatable bonds is 4. The van der Waals surface area contributed by atoms with Crippen LogP contribution in [-0.2, 0) is 20.2 Å². The molecule has 0 aliphatic rings. The lowest BCUT2D eigenvalue weighted by Gasteiger charge is -2.14. The molecule has 3 rings (SSSR count). The highest BCUT2D eigenvalue weighted by atomic mass is 32.2. The largest absolute Gasteiger partial charge is 0.507 e. The Balaban J connectivity index is 2.25. The molecule has 10 nitrogen and oxygen atoms in total. The van der Waals surface area contributed by atoms with Gasteiger partial charge in [-0.3, -0.25) is 13.9 Å². The number of nitrogens with one attached hydrogen (secondary N) is 1. The standard InChI is InChI=1S/C18H16N2O8S2/c1-9-4-11(19)2-3-14(9)18(22)20-15-7-12(29(23,24)25)5-10-6-13(30(26,27)28)8-16(21)17(10)15/h2-8,21H,19H2,1H3,(H,20,22)(H,23,24,25)(H,26,27,28). The van der Waals surface area contributed by atoms with Crippen LogP contribution in [-0.4, -0.2) is 37.0 Å². The van der Waals surface area contributed by atoms with Crippen molar-refractivity contribution in [1.29, 1.82) is 0 Å². The lowest BCUT2D eigenvalue weighted by atomic mass is 10.1. The zero-order valence-electron chi connectivity index (χ0n) is 15.3. The molecule has 0 aromatic heterocycles. The summed E-state index contributed by atoms with van der Waals surface area (Å²) in [4.78, 5) is 11.3. The fraction of sp³-hybridized carbons (Fsp3) is 0.0556. The Kier molecular flexibility index (Phi) is 5.20. The number of phenols is 1. The maximum absolute atomic E-state index is 12.7. The van der Waals surface area contributed by atoms with Gasteiger partial charge in [-0.15, -0.1) is 0 Å². The highest BCUT2D eigenvalue weighted by molar-refractivity contribution is 7.86. The Labute approximate surface area is 171 Å². The summed E-state index contributed by atoms with van der Waals surface area (Å²) in [7, 11) is -9.48. The molecule has 3 aromatic carbocycles. The molecule has 0 aliphatic heterocycles. The van der Waals surface area contributed by atoms with Crippen molar-refractivity contribution in [1.82, 2.24) is 0 Å². The highest BCUT2D eigenvalue weighted by Crippen LogP contribution is 2.37. The first-order chi connectivity index (χ1) is 13.8. The average molecular weight is 452 g/mol. The van der Waals surface area contributed by atoms with Gasteiger partial charge >= 0.3 is 0 Å². The van der Waals surface area contributed by atoms with E-state index < -0.39 is 41.7 Å². The topological polar surface area (TPSA) is 184 Å². The predicted octanol–water partition coefficient (Wildman–Crippen LogP) is 2.18. The van der Waals surface area contributed by atoms with Crippen molar-refractivity contribution in [3.63, 3.8) is 0 Å². The molecular weight excluding hydrogens is 436 g/mol. The van der Waals surface area contributed by atoms with Crippen LogP contribution in [0.4, 0.5) is 11.4 Å². The maximum atomic E-state index is 12.7. The van der Waals surface area contributed by atoms with Gasteiger partial charge in [0.15, 0.2) is 0 Å². The maximum Gasteiger partial charge on any atom is 0.294 e. The molecule has 0 spiro atoms. The molecule has 0 saturated heterocycles. The summed E-state index contributed by atoms with van der Waals surface area (Å²) in [6.07, 6.45) is 0. The molecule has 158 valence electrons. The van der Waals surface area contributed by atoms with Gasteiger partial charge in [-0.1, -0.05) is 0 Å². The number of benzene rings is 3. The van der Waals surface area contributed by atoms with Crippen LogP contribution in [0.15, 0.2) is 52.3 Å². The second-order valence-corrected chi connectivity index (χ2v) is 9.33. The van der Waals surface area contributed by atoms with Crippen LogP contribution < -0.4 is 11.1 Å². The van der Waals surface area contributed by atoms with Crippen LogP contribution >= 0.6 is 0 Å². The Bertz CT molecular complexity index is 1410. The molecule has 0 heterocycles. The number of aryl methyl sites for hydroxylation is 1. The van der Waals surface area contributed by atoms with Crippen molar-refractivity contribution in [2.75, 3.05) is 11.1 Å². The van der Waals surface area contributed by atoms with Crippen LogP contribution in [0, 0.1) is 6.92 Å². The quantitative estimate of drug-likeness (QED) is 0.292. The van der Waals surface area contributed by atoms with E-state index in [0.717, 1.165) is 24.3 Å². The number of carbonyl (C=O) groups excluding carboxylic acids is 1. The Morgan fingerprint density at radius 1 is 0.933 bits per heavy atom. The van der Waals surface area contributed by atoms with Crippen LogP contribution in [0.2, 0.25) is 0 Å². The third-order valence-corrected chi connectivity index (χ3v) is 5.98. The number of fused-ring (bicyclic) bond motifs is 1. The smallest absolute Gasteiger partial charge is 0.294 e. The average Bonchev–Trinajstić information content (AvgIpc) is 2.59. The summed E-state index contributed by atoms with van der Waals surface area (Å²) >= 11 is 0. The van der Waals surface area contributed by atoms with E-state index in [1.165, 1.54) is 12.1 Å². The first kappa shape index (κ1) is 21.5. The summed E-state index contributed by atoms with van der Waals surface area (Å²) in [5.41, 5.74) is 6.62. The number of amides is 1. The van der Waals surface area contributed by atoms with Gasteiger partial charge in [-0.25, -0.2) is 0 Å². The number of hydrogen-bond donors (Lipinski definition) is 5. The summed E-state index contributed by atoms with van der Waals surface area (Å²) in [6, 6.07) is 7.93. The molecule has 0 radical (unpaired) electrons. The van der Waals surface area contributed by atoms with E-state index in [4.69, 9.17) is 5.73 Å². The molecule has 0 saturated carbocycles. The van der Waals surface area contributed by atoms with Crippen LogP contribution in [0.1, 0.15) is 15.9 Å². The van der Waals surface area contributed by atoms with Crippen molar-refractivity contribution in [3.8, 4) is 5.75 Å². The minimum absolute atomic E-state index is 0.101. The molecular formula is C18H16N2O8S2. The van der Waals surface area contributed by atoms with Gasteiger partial charge < -0.3 is 16.2 Å². The fourth-order valence-corrected chi connectivity index (χ4v) is 4.05. The second-order valence-electron chi connectivity index (χ2n) is 6.49. The number of aromatic hydroxyl groups is 1. The lowest BCUT2D eigenvalue weighted by Crippen LogP contribution is -2.14.